The average molecular weight is 541 g/mol. The summed E-state index contributed by atoms with van der Waals surface area (Å²) in [4.78, 5) is 13.1. The molecule has 1 aromatic carbocycles. The molecule has 0 heterocycles. The molecular weight excluding hydrogens is 496 g/mol. The Bertz CT molecular complexity index is 876. The highest BCUT2D eigenvalue weighted by Gasteiger charge is 2.43. The largest absolute Gasteiger partial charge is 0.429 e. The van der Waals surface area contributed by atoms with Gasteiger partial charge in [0.1, 0.15) is 5.75 Å². The summed E-state index contributed by atoms with van der Waals surface area (Å²) in [5, 5.41) is 0. The predicted octanol–water partition coefficient (Wildman–Crippen LogP) is 9.47. The van der Waals surface area contributed by atoms with E-state index in [0.29, 0.717) is 12.3 Å². The number of rotatable bonds is 11. The van der Waals surface area contributed by atoms with Crippen molar-refractivity contribution in [2.45, 2.75) is 116 Å². The second-order valence-corrected chi connectivity index (χ2v) is 12.0. The van der Waals surface area contributed by atoms with Crippen LogP contribution < -0.4 is 9.47 Å². The molecule has 3 aliphatic rings. The summed E-state index contributed by atoms with van der Waals surface area (Å²) in [7, 11) is 0. The van der Waals surface area contributed by atoms with Gasteiger partial charge in [-0.15, -0.1) is 0 Å². The number of alkyl halides is 2. The zero-order valence-corrected chi connectivity index (χ0v) is 22.7. The maximum absolute atomic E-state index is 14.1. The molecule has 4 atom stereocenters. The minimum absolute atomic E-state index is 0.239. The quantitative estimate of drug-likeness (QED) is 0.121. The molecule has 0 aromatic heterocycles. The summed E-state index contributed by atoms with van der Waals surface area (Å²) in [6.07, 6.45) is 19.7. The van der Waals surface area contributed by atoms with Crippen LogP contribution in [-0.4, -0.2) is 12.6 Å². The minimum Gasteiger partial charge on any atom is -0.429 e. The molecule has 3 fully saturated rings. The van der Waals surface area contributed by atoms with E-state index in [1.807, 2.05) is 0 Å². The van der Waals surface area contributed by atoms with Gasteiger partial charge in [-0.05, 0) is 68.1 Å². The molecule has 0 spiro atoms. The fraction of sp³-hybridized carbons (Fsp3) is 0.774. The third-order valence-electron chi connectivity index (χ3n) is 9.66. The van der Waals surface area contributed by atoms with Crippen molar-refractivity contribution in [3.8, 4) is 11.5 Å². The molecule has 3 saturated carbocycles. The van der Waals surface area contributed by atoms with Crippen molar-refractivity contribution in [2.24, 2.45) is 35.5 Å². The van der Waals surface area contributed by atoms with Gasteiger partial charge in [-0.2, -0.15) is 8.78 Å². The molecule has 0 aliphatic heterocycles. The first kappa shape index (κ1) is 29.2. The van der Waals surface area contributed by atoms with Crippen LogP contribution in [0.4, 0.5) is 17.6 Å². The fourth-order valence-corrected chi connectivity index (χ4v) is 7.69. The Balaban J connectivity index is 1.26. The van der Waals surface area contributed by atoms with Gasteiger partial charge in [0.2, 0.25) is 0 Å². The number of fused-ring (bicyclic) bond motifs is 1. The first-order chi connectivity index (χ1) is 18.4. The smallest absolute Gasteiger partial charge is 0.387 e. The highest BCUT2D eigenvalue weighted by Crippen LogP contribution is 2.50. The van der Waals surface area contributed by atoms with Crippen molar-refractivity contribution in [1.82, 2.24) is 0 Å². The first-order valence-electron chi connectivity index (χ1n) is 15.0. The van der Waals surface area contributed by atoms with Crippen molar-refractivity contribution < 1.29 is 31.8 Å². The van der Waals surface area contributed by atoms with Gasteiger partial charge in [0.25, 0.3) is 0 Å². The van der Waals surface area contributed by atoms with Crippen molar-refractivity contribution in [3.63, 3.8) is 0 Å². The number of benzene rings is 1. The van der Waals surface area contributed by atoms with Crippen LogP contribution in [0.1, 0.15) is 110 Å². The summed E-state index contributed by atoms with van der Waals surface area (Å²) in [6.45, 7) is -1.09. The molecule has 214 valence electrons. The van der Waals surface area contributed by atoms with E-state index in [9.17, 15) is 22.4 Å². The molecule has 1 aromatic rings. The minimum atomic E-state index is -3.35. The lowest BCUT2D eigenvalue weighted by atomic mass is 9.59. The summed E-state index contributed by atoms with van der Waals surface area (Å²) in [5.74, 6) is -1.70. The van der Waals surface area contributed by atoms with Gasteiger partial charge in [0, 0.05) is 12.1 Å². The van der Waals surface area contributed by atoms with E-state index in [-0.39, 0.29) is 17.6 Å². The average Bonchev–Trinajstić information content (AvgIpc) is 2.90. The monoisotopic (exact) mass is 540 g/mol. The second-order valence-electron chi connectivity index (χ2n) is 12.0. The van der Waals surface area contributed by atoms with Gasteiger partial charge in [-0.3, -0.25) is 4.79 Å². The molecule has 4 unspecified atom stereocenters. The maximum atomic E-state index is 14.1. The topological polar surface area (TPSA) is 35.5 Å². The van der Waals surface area contributed by atoms with Gasteiger partial charge in [-0.25, -0.2) is 8.78 Å². The van der Waals surface area contributed by atoms with E-state index < -0.39 is 30.0 Å². The highest BCUT2D eigenvalue weighted by atomic mass is 19.3. The van der Waals surface area contributed by atoms with Crippen molar-refractivity contribution in [3.05, 3.63) is 23.8 Å². The van der Waals surface area contributed by atoms with E-state index in [4.69, 9.17) is 4.74 Å². The van der Waals surface area contributed by atoms with Crippen LogP contribution >= 0.6 is 0 Å². The van der Waals surface area contributed by atoms with E-state index in [1.165, 1.54) is 70.6 Å². The molecular formula is C31H44F4O3. The van der Waals surface area contributed by atoms with Gasteiger partial charge < -0.3 is 9.47 Å². The van der Waals surface area contributed by atoms with Gasteiger partial charge in [-0.1, -0.05) is 71.1 Å². The fourth-order valence-electron chi connectivity index (χ4n) is 7.69. The molecule has 4 rings (SSSR count). The van der Waals surface area contributed by atoms with E-state index in [2.05, 4.69) is 11.7 Å². The van der Waals surface area contributed by atoms with Crippen LogP contribution in [-0.2, 0) is 4.79 Å². The van der Waals surface area contributed by atoms with Gasteiger partial charge >= 0.3 is 12.6 Å². The standard InChI is InChI=1S/C31H44F4O3/c1-2-3-4-5-6-8-20-11-13-21(14-12-20)22-15-16-25-23(17-22)9-7-10-26(25)30(36)37-24-18-27(32)29(28(33)19-24)38-31(34)35/h18-23,25-26,31H,2-17H2,1H3. The zero-order chi connectivity index (χ0) is 27.1. The summed E-state index contributed by atoms with van der Waals surface area (Å²) < 4.78 is 62.2. The Hall–Kier alpha value is -1.79. The molecule has 0 saturated heterocycles. The molecule has 3 aliphatic carbocycles. The Morgan fingerprint density at radius 2 is 1.55 bits per heavy atom. The number of hydrogen-bond acceptors (Lipinski definition) is 3. The summed E-state index contributed by atoms with van der Waals surface area (Å²) >= 11 is 0. The van der Waals surface area contributed by atoms with Crippen LogP contribution in [0.3, 0.4) is 0 Å². The Morgan fingerprint density at radius 3 is 2.24 bits per heavy atom. The van der Waals surface area contributed by atoms with Gasteiger partial charge in [0.15, 0.2) is 17.4 Å². The maximum Gasteiger partial charge on any atom is 0.387 e. The molecule has 0 bridgehead atoms. The van der Waals surface area contributed by atoms with Crippen LogP contribution in [0, 0.1) is 47.1 Å². The number of halogens is 4. The lowest BCUT2D eigenvalue weighted by molar-refractivity contribution is -0.144. The van der Waals surface area contributed by atoms with Crippen LogP contribution in [0.5, 0.6) is 11.5 Å². The predicted molar refractivity (Wildman–Crippen MR) is 139 cm³/mol. The van der Waals surface area contributed by atoms with Crippen molar-refractivity contribution in [2.75, 3.05) is 0 Å². The zero-order valence-electron chi connectivity index (χ0n) is 22.7. The van der Waals surface area contributed by atoms with E-state index >= 15 is 0 Å². The van der Waals surface area contributed by atoms with E-state index in [0.717, 1.165) is 55.6 Å². The molecule has 0 amide bonds. The van der Waals surface area contributed by atoms with Crippen LogP contribution in [0.15, 0.2) is 12.1 Å². The lowest BCUT2D eigenvalue weighted by Gasteiger charge is -2.46. The van der Waals surface area contributed by atoms with E-state index in [1.54, 1.807) is 0 Å². The number of hydrogen-bond donors (Lipinski definition) is 0. The molecule has 38 heavy (non-hydrogen) atoms. The normalized spacial score (nSPS) is 29.6. The third kappa shape index (κ3) is 7.65. The number of carbonyl (C=O) groups excluding carboxylic acids is 1. The van der Waals surface area contributed by atoms with Crippen molar-refractivity contribution >= 4 is 5.97 Å². The molecule has 0 radical (unpaired) electrons. The Kier molecular flexibility index (Phi) is 10.8. The van der Waals surface area contributed by atoms with Crippen LogP contribution in [0.2, 0.25) is 0 Å². The first-order valence-corrected chi connectivity index (χ1v) is 15.0. The van der Waals surface area contributed by atoms with Gasteiger partial charge in [0.05, 0.1) is 5.92 Å². The second kappa shape index (κ2) is 14.0. The third-order valence-corrected chi connectivity index (χ3v) is 9.66. The SMILES string of the molecule is CCCCCCCC1CCC(C2CCC3C(CCCC3C(=O)Oc3cc(F)c(OC(F)F)c(F)c3)C2)CC1. The molecule has 0 N–H and O–H groups in total. The van der Waals surface area contributed by atoms with Crippen molar-refractivity contribution in [1.29, 1.82) is 0 Å². The number of unbranched alkanes of at least 4 members (excludes halogenated alkanes) is 4. The number of esters is 1. The number of carbonyl (C=O) groups is 1. The number of ether oxygens (including phenoxy) is 2. The van der Waals surface area contributed by atoms with Crippen LogP contribution in [0.25, 0.3) is 0 Å². The lowest BCUT2D eigenvalue weighted by Crippen LogP contribution is -2.40. The Morgan fingerprint density at radius 1 is 0.868 bits per heavy atom. The summed E-state index contributed by atoms with van der Waals surface area (Å²) in [6, 6.07) is 1.47. The Labute approximate surface area is 225 Å². The molecule has 7 heteroatoms. The molecule has 3 nitrogen and oxygen atoms in total. The summed E-state index contributed by atoms with van der Waals surface area (Å²) in [5.41, 5.74) is 0. The highest BCUT2D eigenvalue weighted by molar-refractivity contribution is 5.75.